The number of aromatic hydroxyl groups is 1. The van der Waals surface area contributed by atoms with Crippen LogP contribution in [0.1, 0.15) is 24.2 Å². The van der Waals surface area contributed by atoms with Gasteiger partial charge in [-0.05, 0) is 25.1 Å². The Balaban J connectivity index is 2.05. The van der Waals surface area contributed by atoms with E-state index in [4.69, 9.17) is 4.74 Å². The molecule has 0 spiro atoms. The van der Waals surface area contributed by atoms with Crippen LogP contribution in [0.4, 0.5) is 0 Å². The van der Waals surface area contributed by atoms with Crippen molar-refractivity contribution in [3.63, 3.8) is 0 Å². The minimum atomic E-state index is -0.147. The lowest BCUT2D eigenvalue weighted by Crippen LogP contribution is -2.45. The van der Waals surface area contributed by atoms with Crippen LogP contribution in [0.3, 0.4) is 0 Å². The van der Waals surface area contributed by atoms with Crippen LogP contribution in [0.2, 0.25) is 0 Å². The van der Waals surface area contributed by atoms with Gasteiger partial charge in [-0.25, -0.2) is 0 Å². The molecule has 21 heavy (non-hydrogen) atoms. The van der Waals surface area contributed by atoms with Crippen molar-refractivity contribution in [1.29, 1.82) is 0 Å². The second-order valence-electron chi connectivity index (χ2n) is 5.43. The van der Waals surface area contributed by atoms with Gasteiger partial charge in [-0.15, -0.1) is 0 Å². The first kappa shape index (κ1) is 15.8. The number of ketones is 1. The number of carbonyl (C=O) groups excluding carboxylic acids is 1. The third-order valence-electron chi connectivity index (χ3n) is 3.73. The van der Waals surface area contributed by atoms with Gasteiger partial charge in [-0.1, -0.05) is 6.92 Å². The number of benzene rings is 1. The third-order valence-corrected chi connectivity index (χ3v) is 3.73. The minimum Gasteiger partial charge on any atom is -0.507 e. The Morgan fingerprint density at radius 2 is 2.14 bits per heavy atom. The van der Waals surface area contributed by atoms with Gasteiger partial charge >= 0.3 is 0 Å². The summed E-state index contributed by atoms with van der Waals surface area (Å²) in [6, 6.07) is 4.84. The molecule has 1 heterocycles. The van der Waals surface area contributed by atoms with Crippen LogP contribution in [0.15, 0.2) is 18.2 Å². The highest BCUT2D eigenvalue weighted by Gasteiger charge is 2.22. The molecule has 0 aliphatic carbocycles. The summed E-state index contributed by atoms with van der Waals surface area (Å²) in [6.07, 6.45) is 0. The molecule has 1 saturated heterocycles. The molecule has 0 amide bonds. The standard InChI is InChI=1S/C16H24N2O3/c1-3-21-13-4-5-15(19)14(10-13)16(20)12(2)11-18-8-6-17-7-9-18/h4-5,10,12,17,19H,3,6-9,11H2,1-2H3. The fourth-order valence-corrected chi connectivity index (χ4v) is 2.60. The number of phenolic OH excluding ortho intramolecular Hbond substituents is 1. The lowest BCUT2D eigenvalue weighted by atomic mass is 9.97. The first-order chi connectivity index (χ1) is 10.1. The average molecular weight is 292 g/mol. The van der Waals surface area contributed by atoms with E-state index in [2.05, 4.69) is 10.2 Å². The zero-order valence-electron chi connectivity index (χ0n) is 12.8. The lowest BCUT2D eigenvalue weighted by Gasteiger charge is -2.29. The molecule has 5 heteroatoms. The number of piperazine rings is 1. The molecule has 1 aliphatic rings. The van der Waals surface area contributed by atoms with E-state index in [1.807, 2.05) is 13.8 Å². The second-order valence-corrected chi connectivity index (χ2v) is 5.43. The maximum atomic E-state index is 12.5. The number of rotatable bonds is 6. The molecule has 1 aromatic rings. The molecular formula is C16H24N2O3. The first-order valence-corrected chi connectivity index (χ1v) is 7.55. The maximum Gasteiger partial charge on any atom is 0.170 e. The van der Waals surface area contributed by atoms with Crippen LogP contribution in [0.5, 0.6) is 11.5 Å². The topological polar surface area (TPSA) is 61.8 Å². The van der Waals surface area contributed by atoms with Crippen LogP contribution in [-0.2, 0) is 0 Å². The van der Waals surface area contributed by atoms with Crippen LogP contribution in [0.25, 0.3) is 0 Å². The van der Waals surface area contributed by atoms with E-state index >= 15 is 0 Å². The Labute approximate surface area is 125 Å². The summed E-state index contributed by atoms with van der Waals surface area (Å²) < 4.78 is 5.40. The SMILES string of the molecule is CCOc1ccc(O)c(C(=O)C(C)CN2CCNCC2)c1. The van der Waals surface area contributed by atoms with Crippen molar-refractivity contribution in [3.8, 4) is 11.5 Å². The van der Waals surface area contributed by atoms with Gasteiger partial charge in [0.15, 0.2) is 5.78 Å². The fourth-order valence-electron chi connectivity index (χ4n) is 2.60. The van der Waals surface area contributed by atoms with Gasteiger partial charge < -0.3 is 20.1 Å². The van der Waals surface area contributed by atoms with E-state index in [0.29, 0.717) is 17.9 Å². The molecule has 1 fully saturated rings. The summed E-state index contributed by atoms with van der Waals surface area (Å²) in [6.45, 7) is 8.91. The zero-order chi connectivity index (χ0) is 15.2. The van der Waals surface area contributed by atoms with E-state index in [0.717, 1.165) is 32.7 Å². The first-order valence-electron chi connectivity index (χ1n) is 7.55. The van der Waals surface area contributed by atoms with Crippen molar-refractivity contribution in [2.75, 3.05) is 39.3 Å². The minimum absolute atomic E-state index is 0.0237. The Morgan fingerprint density at radius 3 is 2.81 bits per heavy atom. The summed E-state index contributed by atoms with van der Waals surface area (Å²) in [5.74, 6) is 0.460. The second kappa shape index (κ2) is 7.43. The summed E-state index contributed by atoms with van der Waals surface area (Å²) in [7, 11) is 0. The molecule has 5 nitrogen and oxygen atoms in total. The third kappa shape index (κ3) is 4.19. The fraction of sp³-hybridized carbons (Fsp3) is 0.562. The number of nitrogens with one attached hydrogen (secondary N) is 1. The Hall–Kier alpha value is -1.59. The molecule has 2 N–H and O–H groups in total. The van der Waals surface area contributed by atoms with Gasteiger partial charge in [-0.3, -0.25) is 4.79 Å². The molecule has 116 valence electrons. The van der Waals surface area contributed by atoms with E-state index in [1.54, 1.807) is 12.1 Å². The van der Waals surface area contributed by atoms with Crippen molar-refractivity contribution >= 4 is 5.78 Å². The number of carbonyl (C=O) groups is 1. The summed E-state index contributed by atoms with van der Waals surface area (Å²) in [5, 5.41) is 13.2. The maximum absolute atomic E-state index is 12.5. The van der Waals surface area contributed by atoms with Gasteiger partial charge in [-0.2, -0.15) is 0 Å². The molecule has 1 aliphatic heterocycles. The van der Waals surface area contributed by atoms with Crippen molar-refractivity contribution in [2.24, 2.45) is 5.92 Å². The van der Waals surface area contributed by atoms with Crippen molar-refractivity contribution < 1.29 is 14.6 Å². The highest BCUT2D eigenvalue weighted by molar-refractivity contribution is 6.00. The Kier molecular flexibility index (Phi) is 5.59. The Bertz CT molecular complexity index is 484. The number of Topliss-reactive ketones (excluding diaryl/α,β-unsaturated/α-hetero) is 1. The quantitative estimate of drug-likeness (QED) is 0.778. The van der Waals surface area contributed by atoms with Gasteiger partial charge in [0.2, 0.25) is 0 Å². The zero-order valence-corrected chi connectivity index (χ0v) is 12.8. The van der Waals surface area contributed by atoms with E-state index in [-0.39, 0.29) is 17.5 Å². The predicted octanol–water partition coefficient (Wildman–Crippen LogP) is 1.51. The normalized spacial score (nSPS) is 17.4. The molecular weight excluding hydrogens is 268 g/mol. The van der Waals surface area contributed by atoms with Crippen LogP contribution >= 0.6 is 0 Å². The van der Waals surface area contributed by atoms with Gasteiger partial charge in [0.1, 0.15) is 11.5 Å². The van der Waals surface area contributed by atoms with Crippen LogP contribution in [0, 0.1) is 5.92 Å². The monoisotopic (exact) mass is 292 g/mol. The van der Waals surface area contributed by atoms with Crippen LogP contribution in [-0.4, -0.2) is 55.1 Å². The molecule has 0 radical (unpaired) electrons. The molecule has 0 aromatic heterocycles. The molecule has 1 unspecified atom stereocenters. The molecule has 0 bridgehead atoms. The highest BCUT2D eigenvalue weighted by atomic mass is 16.5. The predicted molar refractivity (Wildman–Crippen MR) is 82.1 cm³/mol. The highest BCUT2D eigenvalue weighted by Crippen LogP contribution is 2.26. The van der Waals surface area contributed by atoms with Gasteiger partial charge in [0, 0.05) is 38.6 Å². The van der Waals surface area contributed by atoms with E-state index in [9.17, 15) is 9.90 Å². The van der Waals surface area contributed by atoms with Crippen molar-refractivity contribution in [3.05, 3.63) is 23.8 Å². The number of hydrogen-bond donors (Lipinski definition) is 2. The summed E-state index contributed by atoms with van der Waals surface area (Å²) >= 11 is 0. The van der Waals surface area contributed by atoms with E-state index < -0.39 is 0 Å². The van der Waals surface area contributed by atoms with Gasteiger partial charge in [0.05, 0.1) is 12.2 Å². The molecule has 1 aromatic carbocycles. The lowest BCUT2D eigenvalue weighted by molar-refractivity contribution is 0.0884. The van der Waals surface area contributed by atoms with Gasteiger partial charge in [0.25, 0.3) is 0 Å². The van der Waals surface area contributed by atoms with Crippen molar-refractivity contribution in [1.82, 2.24) is 10.2 Å². The van der Waals surface area contributed by atoms with E-state index in [1.165, 1.54) is 6.07 Å². The molecule has 2 rings (SSSR count). The number of phenols is 1. The number of nitrogens with zero attached hydrogens (tertiary/aromatic N) is 1. The van der Waals surface area contributed by atoms with Crippen molar-refractivity contribution in [2.45, 2.75) is 13.8 Å². The Morgan fingerprint density at radius 1 is 1.43 bits per heavy atom. The summed E-state index contributed by atoms with van der Waals surface area (Å²) in [4.78, 5) is 14.8. The smallest absolute Gasteiger partial charge is 0.170 e. The summed E-state index contributed by atoms with van der Waals surface area (Å²) in [5.41, 5.74) is 0.351. The number of ether oxygens (including phenoxy) is 1. The number of hydrogen-bond acceptors (Lipinski definition) is 5. The molecule has 0 saturated carbocycles. The molecule has 1 atom stereocenters. The average Bonchev–Trinajstić information content (AvgIpc) is 2.50. The van der Waals surface area contributed by atoms with Crippen LogP contribution < -0.4 is 10.1 Å². The largest absolute Gasteiger partial charge is 0.507 e.